The summed E-state index contributed by atoms with van der Waals surface area (Å²) in [5.41, 5.74) is 0. The SMILES string of the molecule is Clc1c2ccccc2cc2cccc(Br)c12. The third kappa shape index (κ3) is 1.43. The minimum Gasteiger partial charge on any atom is -0.0829 e. The first-order valence-electron chi connectivity index (χ1n) is 5.03. The lowest BCUT2D eigenvalue weighted by Crippen LogP contribution is -1.80. The fraction of sp³-hybridized carbons (Fsp3) is 0. The van der Waals surface area contributed by atoms with E-state index in [4.69, 9.17) is 11.6 Å². The third-order valence-electron chi connectivity index (χ3n) is 2.77. The Morgan fingerprint density at radius 2 is 1.62 bits per heavy atom. The molecule has 0 bridgehead atoms. The number of fused-ring (bicyclic) bond motifs is 2. The molecule has 0 atom stereocenters. The maximum atomic E-state index is 6.45. The molecule has 0 aliphatic rings. The van der Waals surface area contributed by atoms with Crippen molar-refractivity contribution in [3.05, 3.63) is 58.0 Å². The van der Waals surface area contributed by atoms with E-state index < -0.39 is 0 Å². The Kier molecular flexibility index (Phi) is 2.38. The molecular weight excluding hydrogens is 284 g/mol. The molecule has 3 aromatic rings. The van der Waals surface area contributed by atoms with Gasteiger partial charge in [0.25, 0.3) is 0 Å². The Labute approximate surface area is 107 Å². The van der Waals surface area contributed by atoms with Gasteiger partial charge in [-0.05, 0) is 22.9 Å². The molecule has 0 aliphatic heterocycles. The summed E-state index contributed by atoms with van der Waals surface area (Å²) >= 11 is 10.00. The summed E-state index contributed by atoms with van der Waals surface area (Å²) in [6.07, 6.45) is 0. The first-order chi connectivity index (χ1) is 7.77. The highest BCUT2D eigenvalue weighted by atomic mass is 79.9. The van der Waals surface area contributed by atoms with Gasteiger partial charge in [-0.1, -0.05) is 63.9 Å². The van der Waals surface area contributed by atoms with E-state index in [0.29, 0.717) is 0 Å². The molecule has 0 fully saturated rings. The van der Waals surface area contributed by atoms with Gasteiger partial charge in [0.2, 0.25) is 0 Å². The van der Waals surface area contributed by atoms with Crippen LogP contribution in [0.1, 0.15) is 0 Å². The van der Waals surface area contributed by atoms with E-state index >= 15 is 0 Å². The molecule has 78 valence electrons. The largest absolute Gasteiger partial charge is 0.0829 e. The van der Waals surface area contributed by atoms with Crippen LogP contribution in [0.15, 0.2) is 53.0 Å². The fourth-order valence-corrected chi connectivity index (χ4v) is 3.09. The van der Waals surface area contributed by atoms with Crippen molar-refractivity contribution in [2.75, 3.05) is 0 Å². The summed E-state index contributed by atoms with van der Waals surface area (Å²) in [4.78, 5) is 0. The van der Waals surface area contributed by atoms with Gasteiger partial charge in [0, 0.05) is 15.2 Å². The van der Waals surface area contributed by atoms with Gasteiger partial charge >= 0.3 is 0 Å². The van der Waals surface area contributed by atoms with Crippen LogP contribution in [0, 0.1) is 0 Å². The molecular formula is C14H8BrCl. The van der Waals surface area contributed by atoms with E-state index in [0.717, 1.165) is 25.7 Å². The lowest BCUT2D eigenvalue weighted by Gasteiger charge is -2.07. The molecule has 0 saturated heterocycles. The van der Waals surface area contributed by atoms with Crippen LogP contribution in [0.2, 0.25) is 5.02 Å². The van der Waals surface area contributed by atoms with Crippen molar-refractivity contribution in [2.45, 2.75) is 0 Å². The van der Waals surface area contributed by atoms with E-state index in [1.165, 1.54) is 5.39 Å². The molecule has 0 aliphatic carbocycles. The molecule has 0 amide bonds. The Morgan fingerprint density at radius 1 is 0.875 bits per heavy atom. The molecule has 0 radical (unpaired) electrons. The molecule has 0 heterocycles. The highest BCUT2D eigenvalue weighted by Crippen LogP contribution is 2.36. The molecule has 0 unspecified atom stereocenters. The molecule has 16 heavy (non-hydrogen) atoms. The zero-order valence-electron chi connectivity index (χ0n) is 8.37. The fourth-order valence-electron chi connectivity index (χ4n) is 2.02. The second-order valence-corrected chi connectivity index (χ2v) is 4.98. The van der Waals surface area contributed by atoms with Gasteiger partial charge in [-0.2, -0.15) is 0 Å². The lowest BCUT2D eigenvalue weighted by atomic mass is 10.0. The lowest BCUT2D eigenvalue weighted by molar-refractivity contribution is 1.73. The van der Waals surface area contributed by atoms with Crippen molar-refractivity contribution in [2.24, 2.45) is 0 Å². The Balaban J connectivity index is 2.62. The summed E-state index contributed by atoms with van der Waals surface area (Å²) in [6, 6.07) is 16.5. The van der Waals surface area contributed by atoms with E-state index in [1.807, 2.05) is 24.3 Å². The predicted molar refractivity (Wildman–Crippen MR) is 74.2 cm³/mol. The van der Waals surface area contributed by atoms with Gasteiger partial charge in [0.15, 0.2) is 0 Å². The smallest absolute Gasteiger partial charge is 0.0574 e. The van der Waals surface area contributed by atoms with Crippen LogP contribution in [-0.2, 0) is 0 Å². The average Bonchev–Trinajstić information content (AvgIpc) is 2.29. The van der Waals surface area contributed by atoms with Crippen molar-refractivity contribution < 1.29 is 0 Å². The van der Waals surface area contributed by atoms with Crippen LogP contribution in [0.4, 0.5) is 0 Å². The third-order valence-corrected chi connectivity index (χ3v) is 3.83. The number of benzene rings is 3. The average molecular weight is 292 g/mol. The van der Waals surface area contributed by atoms with E-state index in [2.05, 4.69) is 40.2 Å². The Morgan fingerprint density at radius 3 is 2.50 bits per heavy atom. The molecule has 0 aromatic heterocycles. The highest BCUT2D eigenvalue weighted by Gasteiger charge is 2.07. The van der Waals surface area contributed by atoms with E-state index in [-0.39, 0.29) is 0 Å². The molecule has 0 saturated carbocycles. The number of rotatable bonds is 0. The standard InChI is InChI=1S/C14H8BrCl/c15-12-7-3-5-10-8-9-4-1-2-6-11(9)14(16)13(10)12/h1-8H. The first-order valence-corrected chi connectivity index (χ1v) is 6.20. The number of hydrogen-bond acceptors (Lipinski definition) is 0. The van der Waals surface area contributed by atoms with Gasteiger partial charge in [0.05, 0.1) is 5.02 Å². The van der Waals surface area contributed by atoms with Gasteiger partial charge in [-0.15, -0.1) is 0 Å². The van der Waals surface area contributed by atoms with Crippen LogP contribution in [0.25, 0.3) is 21.5 Å². The maximum absolute atomic E-state index is 6.45. The summed E-state index contributed by atoms with van der Waals surface area (Å²) in [5.74, 6) is 0. The zero-order valence-corrected chi connectivity index (χ0v) is 10.7. The summed E-state index contributed by atoms with van der Waals surface area (Å²) < 4.78 is 1.04. The van der Waals surface area contributed by atoms with Gasteiger partial charge in [0.1, 0.15) is 0 Å². The van der Waals surface area contributed by atoms with Crippen LogP contribution in [-0.4, -0.2) is 0 Å². The van der Waals surface area contributed by atoms with Crippen molar-refractivity contribution in [1.82, 2.24) is 0 Å². The van der Waals surface area contributed by atoms with Crippen LogP contribution < -0.4 is 0 Å². The monoisotopic (exact) mass is 290 g/mol. The van der Waals surface area contributed by atoms with Crippen LogP contribution >= 0.6 is 27.5 Å². The Bertz CT molecular complexity index is 689. The number of halogens is 2. The predicted octanol–water partition coefficient (Wildman–Crippen LogP) is 5.41. The number of hydrogen-bond donors (Lipinski definition) is 0. The summed E-state index contributed by atoms with van der Waals surface area (Å²) in [6.45, 7) is 0. The molecule has 0 N–H and O–H groups in total. The zero-order chi connectivity index (χ0) is 11.1. The normalized spacial score (nSPS) is 11.1. The van der Waals surface area contributed by atoms with Gasteiger partial charge < -0.3 is 0 Å². The van der Waals surface area contributed by atoms with Gasteiger partial charge in [-0.3, -0.25) is 0 Å². The van der Waals surface area contributed by atoms with E-state index in [1.54, 1.807) is 0 Å². The quantitative estimate of drug-likeness (QED) is 0.486. The minimum absolute atomic E-state index is 0.820. The van der Waals surface area contributed by atoms with E-state index in [9.17, 15) is 0 Å². The Hall–Kier alpha value is -1.05. The van der Waals surface area contributed by atoms with Crippen molar-refractivity contribution in [1.29, 1.82) is 0 Å². The summed E-state index contributed by atoms with van der Waals surface area (Å²) in [7, 11) is 0. The second-order valence-electron chi connectivity index (χ2n) is 3.75. The maximum Gasteiger partial charge on any atom is 0.0574 e. The van der Waals surface area contributed by atoms with Gasteiger partial charge in [-0.25, -0.2) is 0 Å². The van der Waals surface area contributed by atoms with Crippen molar-refractivity contribution in [3.63, 3.8) is 0 Å². The second kappa shape index (κ2) is 3.76. The van der Waals surface area contributed by atoms with Crippen LogP contribution in [0.3, 0.4) is 0 Å². The highest BCUT2D eigenvalue weighted by molar-refractivity contribution is 9.10. The molecule has 3 rings (SSSR count). The molecule has 0 nitrogen and oxygen atoms in total. The topological polar surface area (TPSA) is 0 Å². The first kappa shape index (κ1) is 10.1. The molecule has 3 aromatic carbocycles. The molecule has 0 spiro atoms. The molecule has 2 heteroatoms. The van der Waals surface area contributed by atoms with Crippen LogP contribution in [0.5, 0.6) is 0 Å². The van der Waals surface area contributed by atoms with Crippen molar-refractivity contribution in [3.8, 4) is 0 Å². The van der Waals surface area contributed by atoms with Crippen molar-refractivity contribution >= 4 is 49.1 Å². The summed E-state index contributed by atoms with van der Waals surface area (Å²) in [5, 5.41) is 5.35. The minimum atomic E-state index is 0.820.